The molecule has 0 aliphatic carbocycles. The first-order valence-electron chi connectivity index (χ1n) is 12.7. The lowest BCUT2D eigenvalue weighted by Crippen LogP contribution is -1.91. The molecule has 0 radical (unpaired) electrons. The molecule has 0 fully saturated rings. The van der Waals surface area contributed by atoms with Crippen molar-refractivity contribution in [3.8, 4) is 33.4 Å². The summed E-state index contributed by atoms with van der Waals surface area (Å²) in [5.41, 5.74) is 9.75. The summed E-state index contributed by atoms with van der Waals surface area (Å²) in [4.78, 5) is 0. The molecular formula is C33H35F. The van der Waals surface area contributed by atoms with Crippen LogP contribution in [-0.2, 0) is 12.8 Å². The zero-order valence-electron chi connectivity index (χ0n) is 20.7. The third-order valence-electron chi connectivity index (χ3n) is 6.67. The van der Waals surface area contributed by atoms with Gasteiger partial charge in [-0.2, -0.15) is 0 Å². The molecule has 0 bridgehead atoms. The molecule has 4 aromatic carbocycles. The maximum atomic E-state index is 15.2. The van der Waals surface area contributed by atoms with Crippen LogP contribution in [0.1, 0.15) is 56.2 Å². The van der Waals surface area contributed by atoms with Crippen molar-refractivity contribution in [3.05, 3.63) is 107 Å². The van der Waals surface area contributed by atoms with Crippen LogP contribution in [0, 0.1) is 12.7 Å². The third kappa shape index (κ3) is 5.65. The minimum absolute atomic E-state index is 0.177. The maximum absolute atomic E-state index is 15.2. The van der Waals surface area contributed by atoms with Crippen molar-refractivity contribution in [2.24, 2.45) is 0 Å². The van der Waals surface area contributed by atoms with E-state index in [0.717, 1.165) is 41.5 Å². The van der Waals surface area contributed by atoms with Gasteiger partial charge in [0, 0.05) is 5.56 Å². The van der Waals surface area contributed by atoms with Gasteiger partial charge >= 0.3 is 0 Å². The Balaban J connectivity index is 1.53. The van der Waals surface area contributed by atoms with E-state index >= 15 is 4.39 Å². The maximum Gasteiger partial charge on any atom is 0.131 e. The van der Waals surface area contributed by atoms with Crippen molar-refractivity contribution in [3.63, 3.8) is 0 Å². The number of unbranched alkanes of at least 4 members (excludes halogenated alkanes) is 2. The topological polar surface area (TPSA) is 0 Å². The molecule has 0 atom stereocenters. The molecule has 1 heteroatoms. The molecular weight excluding hydrogens is 415 g/mol. The Morgan fingerprint density at radius 3 is 1.59 bits per heavy atom. The zero-order chi connectivity index (χ0) is 23.9. The normalized spacial score (nSPS) is 11.1. The van der Waals surface area contributed by atoms with E-state index in [4.69, 9.17) is 0 Å². The molecule has 0 aromatic heterocycles. The van der Waals surface area contributed by atoms with Crippen LogP contribution < -0.4 is 0 Å². The van der Waals surface area contributed by atoms with Crippen LogP contribution in [-0.4, -0.2) is 0 Å². The van der Waals surface area contributed by atoms with Crippen molar-refractivity contribution in [2.75, 3.05) is 0 Å². The lowest BCUT2D eigenvalue weighted by molar-refractivity contribution is 0.631. The largest absolute Gasteiger partial charge is 0.206 e. The van der Waals surface area contributed by atoms with E-state index in [1.165, 1.54) is 41.5 Å². The molecule has 0 aliphatic rings. The van der Waals surface area contributed by atoms with Crippen molar-refractivity contribution in [1.82, 2.24) is 0 Å². The summed E-state index contributed by atoms with van der Waals surface area (Å²) >= 11 is 0. The van der Waals surface area contributed by atoms with Gasteiger partial charge in [0.1, 0.15) is 5.82 Å². The molecule has 0 aliphatic heterocycles. The molecule has 174 valence electrons. The molecule has 0 amide bonds. The number of hydrogen-bond acceptors (Lipinski definition) is 0. The van der Waals surface area contributed by atoms with Gasteiger partial charge in [0.2, 0.25) is 0 Å². The summed E-state index contributed by atoms with van der Waals surface area (Å²) in [6.07, 6.45) is 7.09. The second-order valence-electron chi connectivity index (χ2n) is 9.33. The highest BCUT2D eigenvalue weighted by molar-refractivity contribution is 5.76. The average Bonchev–Trinajstić information content (AvgIpc) is 2.86. The van der Waals surface area contributed by atoms with E-state index in [9.17, 15) is 0 Å². The summed E-state index contributed by atoms with van der Waals surface area (Å²) in [6, 6.07) is 29.3. The lowest BCUT2D eigenvalue weighted by atomic mass is 9.93. The SMILES string of the molecule is CCCCCc1ccc(-c2ccc(-c3ccc(-c4ccc(CCC)cc4)cc3C)c(F)c2)cc1. The monoisotopic (exact) mass is 450 g/mol. The molecule has 0 N–H and O–H groups in total. The van der Waals surface area contributed by atoms with Gasteiger partial charge < -0.3 is 0 Å². The van der Waals surface area contributed by atoms with Crippen LogP contribution in [0.15, 0.2) is 84.9 Å². The predicted molar refractivity (Wildman–Crippen MR) is 145 cm³/mol. The first-order valence-corrected chi connectivity index (χ1v) is 12.7. The Morgan fingerprint density at radius 2 is 1.06 bits per heavy atom. The Kier molecular flexibility index (Phi) is 7.95. The van der Waals surface area contributed by atoms with Crippen LogP contribution >= 0.6 is 0 Å². The fourth-order valence-electron chi connectivity index (χ4n) is 4.65. The van der Waals surface area contributed by atoms with E-state index in [1.54, 1.807) is 6.07 Å². The molecule has 0 saturated carbocycles. The molecule has 0 unspecified atom stereocenters. The van der Waals surface area contributed by atoms with Gasteiger partial charge in [-0.1, -0.05) is 112 Å². The van der Waals surface area contributed by atoms with E-state index in [1.807, 2.05) is 18.2 Å². The molecule has 0 saturated heterocycles. The summed E-state index contributed by atoms with van der Waals surface area (Å²) in [5, 5.41) is 0. The van der Waals surface area contributed by atoms with Gasteiger partial charge in [0.05, 0.1) is 0 Å². The van der Waals surface area contributed by atoms with Crippen molar-refractivity contribution >= 4 is 0 Å². The smallest absolute Gasteiger partial charge is 0.131 e. The van der Waals surface area contributed by atoms with Crippen LogP contribution in [0.5, 0.6) is 0 Å². The fraction of sp³-hybridized carbons (Fsp3) is 0.273. The summed E-state index contributed by atoms with van der Waals surface area (Å²) in [6.45, 7) is 6.49. The highest BCUT2D eigenvalue weighted by atomic mass is 19.1. The molecule has 0 nitrogen and oxygen atoms in total. The second kappa shape index (κ2) is 11.3. The van der Waals surface area contributed by atoms with Crippen LogP contribution in [0.2, 0.25) is 0 Å². The van der Waals surface area contributed by atoms with Crippen LogP contribution in [0.3, 0.4) is 0 Å². The van der Waals surface area contributed by atoms with Crippen LogP contribution in [0.25, 0.3) is 33.4 Å². The minimum Gasteiger partial charge on any atom is -0.206 e. The van der Waals surface area contributed by atoms with Crippen LogP contribution in [0.4, 0.5) is 4.39 Å². The third-order valence-corrected chi connectivity index (χ3v) is 6.67. The van der Waals surface area contributed by atoms with Gasteiger partial charge in [-0.05, 0) is 76.8 Å². The molecule has 0 heterocycles. The van der Waals surface area contributed by atoms with E-state index in [-0.39, 0.29) is 5.82 Å². The summed E-state index contributed by atoms with van der Waals surface area (Å²) < 4.78 is 15.2. The molecule has 4 aromatic rings. The summed E-state index contributed by atoms with van der Waals surface area (Å²) in [5.74, 6) is -0.177. The quantitative estimate of drug-likeness (QED) is 0.223. The Morgan fingerprint density at radius 1 is 0.529 bits per heavy atom. The average molecular weight is 451 g/mol. The molecule has 0 spiro atoms. The Hall–Kier alpha value is -3.19. The Bertz CT molecular complexity index is 1220. The number of rotatable bonds is 9. The lowest BCUT2D eigenvalue weighted by Gasteiger charge is -2.12. The number of halogens is 1. The van der Waals surface area contributed by atoms with Crippen molar-refractivity contribution in [2.45, 2.75) is 59.3 Å². The van der Waals surface area contributed by atoms with Gasteiger partial charge in [-0.15, -0.1) is 0 Å². The minimum atomic E-state index is -0.177. The van der Waals surface area contributed by atoms with E-state index in [0.29, 0.717) is 5.56 Å². The standard InChI is InChI=1S/C33H35F/c1-4-6-7-9-26-12-16-28(17-13-26)30-19-21-32(33(34)23-30)31-20-18-29(22-24(31)3)27-14-10-25(8-5-2)11-15-27/h10-23H,4-9H2,1-3H3. The van der Waals surface area contributed by atoms with E-state index in [2.05, 4.69) is 81.4 Å². The number of benzene rings is 4. The van der Waals surface area contributed by atoms with Gasteiger partial charge in [0.25, 0.3) is 0 Å². The van der Waals surface area contributed by atoms with Gasteiger partial charge in [-0.3, -0.25) is 0 Å². The predicted octanol–water partition coefficient (Wildman–Crippen LogP) is 9.82. The summed E-state index contributed by atoms with van der Waals surface area (Å²) in [7, 11) is 0. The fourth-order valence-corrected chi connectivity index (χ4v) is 4.65. The van der Waals surface area contributed by atoms with E-state index < -0.39 is 0 Å². The zero-order valence-corrected chi connectivity index (χ0v) is 20.7. The van der Waals surface area contributed by atoms with Crippen molar-refractivity contribution in [1.29, 1.82) is 0 Å². The first kappa shape index (κ1) is 24.0. The highest BCUT2D eigenvalue weighted by Gasteiger charge is 2.11. The van der Waals surface area contributed by atoms with Gasteiger partial charge in [-0.25, -0.2) is 4.39 Å². The van der Waals surface area contributed by atoms with Crippen molar-refractivity contribution < 1.29 is 4.39 Å². The second-order valence-corrected chi connectivity index (χ2v) is 9.33. The Labute approximate surface area is 204 Å². The first-order chi connectivity index (χ1) is 16.6. The molecule has 34 heavy (non-hydrogen) atoms. The highest BCUT2D eigenvalue weighted by Crippen LogP contribution is 2.32. The number of hydrogen-bond donors (Lipinski definition) is 0. The van der Waals surface area contributed by atoms with Gasteiger partial charge in [0.15, 0.2) is 0 Å². The molecule has 4 rings (SSSR count). The number of aryl methyl sites for hydroxylation is 3.